The average molecular weight is 350 g/mol. The molecule has 0 atom stereocenters. The molecule has 0 aliphatic heterocycles. The molecule has 0 aliphatic carbocycles. The molecule has 7 nitrogen and oxygen atoms in total. The molecule has 0 fully saturated rings. The largest absolute Gasteiger partial charge is 0.460 e. The maximum atomic E-state index is 11.3. The second-order valence-corrected chi connectivity index (χ2v) is 6.18. The van der Waals surface area contributed by atoms with E-state index in [1.54, 1.807) is 27.0 Å². The molecule has 8 heteroatoms. The van der Waals surface area contributed by atoms with Gasteiger partial charge in [-0.05, 0) is 26.3 Å². The first-order chi connectivity index (χ1) is 10.6. The summed E-state index contributed by atoms with van der Waals surface area (Å²) in [5.74, 6) is -0.386. The highest BCUT2D eigenvalue weighted by Crippen LogP contribution is 1.95. The average Bonchev–Trinajstić information content (AvgIpc) is 2.53. The number of nitrogens with one attached hydrogen (secondary N) is 1. The number of ether oxygens (including phenoxy) is 3. The molecule has 1 N–H and O–H groups in total. The predicted octanol–water partition coefficient (Wildman–Crippen LogP) is 1.41. The lowest BCUT2D eigenvalue weighted by Gasteiger charge is -2.08. The van der Waals surface area contributed by atoms with Crippen molar-refractivity contribution in [2.24, 2.45) is 0 Å². The Morgan fingerprint density at radius 3 is 2.52 bits per heavy atom. The fraction of sp³-hybridized carbons (Fsp3) is 0.733. The number of alkyl carbamates (subject to hydrolysis) is 1. The topological polar surface area (TPSA) is 83.1 Å². The Kier molecular flexibility index (Phi) is 17.6. The van der Waals surface area contributed by atoms with Gasteiger partial charge in [-0.25, -0.2) is 9.59 Å². The molecule has 0 bridgehead atoms. The van der Waals surface area contributed by atoms with Crippen molar-refractivity contribution >= 4 is 21.8 Å². The normalized spacial score (nSPS) is 11.2. The molecule has 0 aromatic carbocycles. The highest BCUT2D eigenvalue weighted by atomic mass is 28.2. The van der Waals surface area contributed by atoms with E-state index in [9.17, 15) is 9.59 Å². The van der Waals surface area contributed by atoms with E-state index in [-0.39, 0.29) is 42.9 Å². The quantitative estimate of drug-likeness (QED) is 0.248. The first-order valence-electron chi connectivity index (χ1n) is 7.39. The van der Waals surface area contributed by atoms with E-state index in [1.165, 1.54) is 0 Å². The van der Waals surface area contributed by atoms with Crippen molar-refractivity contribution < 1.29 is 28.2 Å². The Balaban J connectivity index is 0. The Hall–Kier alpha value is -1.38. The number of hydrogen-bond donors (Lipinski definition) is 1. The number of hydrogen-bond acceptors (Lipinski definition) is 6. The summed E-state index contributed by atoms with van der Waals surface area (Å²) < 4.78 is 20.2. The molecular formula is C15H31NO6Si. The SMILES string of the molecule is C.C/C=C(/C)C(=O)OCCNC(=O)OCCOCCC[SiH2]OC. The van der Waals surface area contributed by atoms with E-state index >= 15 is 0 Å². The fourth-order valence-electron chi connectivity index (χ4n) is 1.33. The van der Waals surface area contributed by atoms with Crippen LogP contribution in [0.4, 0.5) is 4.79 Å². The van der Waals surface area contributed by atoms with E-state index in [1.807, 2.05) is 0 Å². The fourth-order valence-corrected chi connectivity index (χ4v) is 2.02. The zero-order valence-electron chi connectivity index (χ0n) is 13.7. The van der Waals surface area contributed by atoms with Gasteiger partial charge < -0.3 is 24.0 Å². The molecule has 0 spiro atoms. The first-order valence-corrected chi connectivity index (χ1v) is 8.97. The maximum Gasteiger partial charge on any atom is 0.407 e. The molecule has 23 heavy (non-hydrogen) atoms. The molecule has 0 radical (unpaired) electrons. The van der Waals surface area contributed by atoms with E-state index < -0.39 is 6.09 Å². The van der Waals surface area contributed by atoms with E-state index in [0.29, 0.717) is 18.8 Å². The number of esters is 1. The zero-order valence-corrected chi connectivity index (χ0v) is 15.1. The van der Waals surface area contributed by atoms with Gasteiger partial charge in [0.15, 0.2) is 9.76 Å². The molecule has 0 aromatic heterocycles. The van der Waals surface area contributed by atoms with Crippen molar-refractivity contribution in [1.29, 1.82) is 0 Å². The molecule has 136 valence electrons. The summed E-state index contributed by atoms with van der Waals surface area (Å²) in [5.41, 5.74) is 0.535. The highest BCUT2D eigenvalue weighted by molar-refractivity contribution is 6.26. The summed E-state index contributed by atoms with van der Waals surface area (Å²) in [5, 5.41) is 2.49. The number of carbonyl (C=O) groups is 2. The van der Waals surface area contributed by atoms with Gasteiger partial charge in [-0.1, -0.05) is 13.5 Å². The third-order valence-electron chi connectivity index (χ3n) is 2.71. The summed E-state index contributed by atoms with van der Waals surface area (Å²) >= 11 is 0. The van der Waals surface area contributed by atoms with Gasteiger partial charge in [0.25, 0.3) is 0 Å². The van der Waals surface area contributed by atoms with Crippen LogP contribution in [-0.2, 0) is 23.4 Å². The molecule has 0 aliphatic rings. The van der Waals surface area contributed by atoms with Crippen LogP contribution in [0.25, 0.3) is 0 Å². The number of allylic oxidation sites excluding steroid dienone is 1. The van der Waals surface area contributed by atoms with Gasteiger partial charge in [-0.3, -0.25) is 0 Å². The molecule has 0 saturated heterocycles. The Bertz CT molecular complexity index is 349. The van der Waals surface area contributed by atoms with Crippen LogP contribution in [0.2, 0.25) is 6.04 Å². The minimum Gasteiger partial charge on any atom is -0.460 e. The monoisotopic (exact) mass is 349 g/mol. The second-order valence-electron chi connectivity index (χ2n) is 4.48. The van der Waals surface area contributed by atoms with Crippen LogP contribution in [0, 0.1) is 0 Å². The van der Waals surface area contributed by atoms with Gasteiger partial charge in [-0.2, -0.15) is 0 Å². The van der Waals surface area contributed by atoms with Gasteiger partial charge in [0.05, 0.1) is 13.2 Å². The van der Waals surface area contributed by atoms with Gasteiger partial charge in [0.1, 0.15) is 13.2 Å². The summed E-state index contributed by atoms with van der Waals surface area (Å²) in [4.78, 5) is 22.6. The van der Waals surface area contributed by atoms with Crippen molar-refractivity contribution in [3.8, 4) is 0 Å². The molecule has 0 rings (SSSR count). The van der Waals surface area contributed by atoms with E-state index in [2.05, 4.69) is 5.32 Å². The maximum absolute atomic E-state index is 11.3. The van der Waals surface area contributed by atoms with Crippen LogP contribution in [0.1, 0.15) is 27.7 Å². The third-order valence-corrected chi connectivity index (χ3v) is 3.90. The van der Waals surface area contributed by atoms with Crippen molar-refractivity contribution in [3.63, 3.8) is 0 Å². The lowest BCUT2D eigenvalue weighted by molar-refractivity contribution is -0.138. The first kappa shape index (κ1) is 23.9. The van der Waals surface area contributed by atoms with Crippen molar-refractivity contribution in [2.45, 2.75) is 33.7 Å². The Morgan fingerprint density at radius 1 is 1.13 bits per heavy atom. The highest BCUT2D eigenvalue weighted by Gasteiger charge is 2.05. The Labute approximate surface area is 141 Å². The van der Waals surface area contributed by atoms with Crippen LogP contribution in [-0.4, -0.2) is 61.9 Å². The summed E-state index contributed by atoms with van der Waals surface area (Å²) in [7, 11) is 1.35. The minimum atomic E-state index is -0.547. The summed E-state index contributed by atoms with van der Waals surface area (Å²) in [6.45, 7) is 4.97. The molecule has 0 aromatic rings. The second kappa shape index (κ2) is 17.0. The number of rotatable bonds is 12. The van der Waals surface area contributed by atoms with Gasteiger partial charge >= 0.3 is 12.1 Å². The van der Waals surface area contributed by atoms with Gasteiger partial charge in [-0.15, -0.1) is 0 Å². The van der Waals surface area contributed by atoms with Crippen molar-refractivity contribution in [3.05, 3.63) is 11.6 Å². The lowest BCUT2D eigenvalue weighted by atomic mass is 10.3. The van der Waals surface area contributed by atoms with Crippen molar-refractivity contribution in [2.75, 3.05) is 40.1 Å². The lowest BCUT2D eigenvalue weighted by Crippen LogP contribution is -2.29. The van der Waals surface area contributed by atoms with E-state index in [0.717, 1.165) is 12.5 Å². The third kappa shape index (κ3) is 15.3. The standard InChI is InChI=1S/C14H27NO6Si.CH4/c1-4-12(2)13(16)20-8-6-15-14(17)21-10-9-19-7-5-11-22-18-3;/h4H,5-11,22H2,1-3H3,(H,15,17);1H4/b12-4-;. The smallest absolute Gasteiger partial charge is 0.407 e. The van der Waals surface area contributed by atoms with E-state index in [4.69, 9.17) is 18.6 Å². The number of carbonyl (C=O) groups excluding carboxylic acids is 2. The van der Waals surface area contributed by atoms with Crippen molar-refractivity contribution in [1.82, 2.24) is 5.32 Å². The molecule has 0 heterocycles. The van der Waals surface area contributed by atoms with Crippen LogP contribution >= 0.6 is 0 Å². The molecule has 1 amide bonds. The minimum absolute atomic E-state index is 0. The number of amides is 1. The Morgan fingerprint density at radius 2 is 1.87 bits per heavy atom. The summed E-state index contributed by atoms with van der Waals surface area (Å²) in [6.07, 6.45) is 2.10. The molecular weight excluding hydrogens is 318 g/mol. The molecule has 0 saturated carbocycles. The van der Waals surface area contributed by atoms with Crippen LogP contribution in [0.3, 0.4) is 0 Å². The van der Waals surface area contributed by atoms with Crippen LogP contribution < -0.4 is 5.32 Å². The van der Waals surface area contributed by atoms with Crippen LogP contribution in [0.15, 0.2) is 11.6 Å². The predicted molar refractivity (Wildman–Crippen MR) is 92.3 cm³/mol. The van der Waals surface area contributed by atoms with Gasteiger partial charge in [0.2, 0.25) is 0 Å². The zero-order chi connectivity index (χ0) is 16.6. The summed E-state index contributed by atoms with van der Waals surface area (Å²) in [6, 6.07) is 1.09. The molecule has 0 unspecified atom stereocenters. The van der Waals surface area contributed by atoms with Gasteiger partial charge in [0, 0.05) is 19.3 Å². The van der Waals surface area contributed by atoms with Crippen LogP contribution in [0.5, 0.6) is 0 Å².